The molecule has 1 aliphatic rings. The first-order valence-corrected chi connectivity index (χ1v) is 10.7. The summed E-state index contributed by atoms with van der Waals surface area (Å²) >= 11 is 0. The molecule has 0 saturated carbocycles. The van der Waals surface area contributed by atoms with Gasteiger partial charge in [0.1, 0.15) is 11.9 Å². The minimum Gasteiger partial charge on any atom is -0.357 e. The molecular formula is C23H33N5O2. The topological polar surface area (TPSA) is 79.3 Å². The number of amides is 2. The summed E-state index contributed by atoms with van der Waals surface area (Å²) < 4.78 is 2.17. The number of rotatable bonds is 5. The van der Waals surface area contributed by atoms with Crippen molar-refractivity contribution in [2.45, 2.75) is 53.2 Å². The van der Waals surface area contributed by atoms with Gasteiger partial charge in [-0.2, -0.15) is 0 Å². The zero-order valence-electron chi connectivity index (χ0n) is 18.7. The number of imidazole rings is 1. The molecule has 0 aliphatic carbocycles. The van der Waals surface area contributed by atoms with Crippen LogP contribution < -0.4 is 10.6 Å². The van der Waals surface area contributed by atoms with E-state index in [1.165, 1.54) is 0 Å². The van der Waals surface area contributed by atoms with Gasteiger partial charge in [-0.25, -0.2) is 4.98 Å². The maximum absolute atomic E-state index is 13.4. The molecule has 1 atom stereocenters. The fourth-order valence-electron chi connectivity index (χ4n) is 3.91. The van der Waals surface area contributed by atoms with Crippen molar-refractivity contribution in [3.05, 3.63) is 41.7 Å². The molecule has 1 aromatic carbocycles. The molecule has 30 heavy (non-hydrogen) atoms. The molecule has 0 unspecified atom stereocenters. The highest BCUT2D eigenvalue weighted by molar-refractivity contribution is 5.97. The van der Waals surface area contributed by atoms with Crippen LogP contribution in [-0.4, -0.2) is 52.4 Å². The molecule has 0 bridgehead atoms. The van der Waals surface area contributed by atoms with Gasteiger partial charge in [-0.05, 0) is 18.4 Å². The van der Waals surface area contributed by atoms with Crippen molar-refractivity contribution in [2.24, 2.45) is 5.41 Å². The molecule has 0 spiro atoms. The van der Waals surface area contributed by atoms with Crippen molar-refractivity contribution < 1.29 is 9.59 Å². The Balaban J connectivity index is 2.04. The Morgan fingerprint density at radius 1 is 1.17 bits per heavy atom. The van der Waals surface area contributed by atoms with Crippen LogP contribution in [0.15, 0.2) is 30.3 Å². The molecule has 0 saturated heterocycles. The molecule has 3 rings (SSSR count). The van der Waals surface area contributed by atoms with Crippen molar-refractivity contribution in [2.75, 3.05) is 20.1 Å². The average Bonchev–Trinajstić information content (AvgIpc) is 2.94. The van der Waals surface area contributed by atoms with Gasteiger partial charge in [0.15, 0.2) is 5.69 Å². The maximum atomic E-state index is 13.4. The van der Waals surface area contributed by atoms with Crippen LogP contribution in [-0.2, 0) is 17.9 Å². The summed E-state index contributed by atoms with van der Waals surface area (Å²) in [6, 6.07) is 9.31. The second-order valence-corrected chi connectivity index (χ2v) is 8.86. The van der Waals surface area contributed by atoms with E-state index < -0.39 is 11.5 Å². The minimum atomic E-state index is -0.652. The lowest BCUT2D eigenvalue weighted by Crippen LogP contribution is -2.53. The molecule has 1 aromatic heterocycles. The lowest BCUT2D eigenvalue weighted by Gasteiger charge is -2.29. The first kappa shape index (κ1) is 22.0. The Morgan fingerprint density at radius 3 is 2.47 bits per heavy atom. The van der Waals surface area contributed by atoms with E-state index in [0.717, 1.165) is 43.1 Å². The normalized spacial score (nSPS) is 15.8. The Labute approximate surface area is 178 Å². The summed E-state index contributed by atoms with van der Waals surface area (Å²) in [5.74, 6) is 0.294. The van der Waals surface area contributed by atoms with Crippen LogP contribution in [0.4, 0.5) is 0 Å². The number of hydrogen-bond acceptors (Lipinski definition) is 4. The number of carbonyl (C=O) groups is 2. The quantitative estimate of drug-likeness (QED) is 0.793. The largest absolute Gasteiger partial charge is 0.357 e. The molecule has 2 heterocycles. The number of nitrogens with zero attached hydrogens (tertiary/aromatic N) is 3. The van der Waals surface area contributed by atoms with E-state index in [9.17, 15) is 9.59 Å². The van der Waals surface area contributed by atoms with Gasteiger partial charge in [0.2, 0.25) is 5.91 Å². The van der Waals surface area contributed by atoms with Gasteiger partial charge in [0.05, 0.1) is 5.69 Å². The van der Waals surface area contributed by atoms with Crippen molar-refractivity contribution in [3.8, 4) is 11.4 Å². The van der Waals surface area contributed by atoms with Crippen molar-refractivity contribution in [1.82, 2.24) is 25.1 Å². The third-order valence-electron chi connectivity index (χ3n) is 5.65. The van der Waals surface area contributed by atoms with E-state index >= 15 is 0 Å². The summed E-state index contributed by atoms with van der Waals surface area (Å²) in [6.07, 6.45) is 1.00. The zero-order chi connectivity index (χ0) is 21.9. The molecule has 0 radical (unpaired) electrons. The second-order valence-electron chi connectivity index (χ2n) is 8.86. The number of hydrogen-bond donors (Lipinski definition) is 2. The lowest BCUT2D eigenvalue weighted by atomic mass is 9.86. The molecule has 1 aliphatic heterocycles. The van der Waals surface area contributed by atoms with Crippen LogP contribution in [0.3, 0.4) is 0 Å². The number of aromatic nitrogens is 2. The van der Waals surface area contributed by atoms with E-state index in [0.29, 0.717) is 12.2 Å². The number of benzene rings is 1. The average molecular weight is 412 g/mol. The molecule has 2 N–H and O–H groups in total. The van der Waals surface area contributed by atoms with Crippen LogP contribution in [0.2, 0.25) is 0 Å². The van der Waals surface area contributed by atoms with Crippen LogP contribution in [0.5, 0.6) is 0 Å². The van der Waals surface area contributed by atoms with E-state index in [2.05, 4.69) is 27.0 Å². The van der Waals surface area contributed by atoms with Gasteiger partial charge < -0.3 is 15.2 Å². The monoisotopic (exact) mass is 411 g/mol. The fraction of sp³-hybridized carbons (Fsp3) is 0.522. The Hall–Kier alpha value is -2.67. The standard InChI is InChI=1S/C23H33N5O2/c1-6-27-13-10-14-28-17(15-27)18(25-20(28)16-11-8-7-9-12-16)21(29)26-19(22(30)24-5)23(2,3)4/h7-9,11-12,19H,6,10,13-15H2,1-5H3,(H,24,30)(H,26,29)/t19-/m1/s1. The van der Waals surface area contributed by atoms with Crippen LogP contribution in [0.1, 0.15) is 50.3 Å². The van der Waals surface area contributed by atoms with Crippen molar-refractivity contribution in [1.29, 1.82) is 0 Å². The van der Waals surface area contributed by atoms with Gasteiger partial charge in [0, 0.05) is 32.2 Å². The molecule has 7 heteroatoms. The van der Waals surface area contributed by atoms with E-state index in [-0.39, 0.29) is 11.8 Å². The summed E-state index contributed by atoms with van der Waals surface area (Å²) in [7, 11) is 1.59. The summed E-state index contributed by atoms with van der Waals surface area (Å²) in [5, 5.41) is 5.61. The maximum Gasteiger partial charge on any atom is 0.272 e. The zero-order valence-corrected chi connectivity index (χ0v) is 18.7. The highest BCUT2D eigenvalue weighted by Gasteiger charge is 2.34. The Morgan fingerprint density at radius 2 is 1.87 bits per heavy atom. The fourth-order valence-corrected chi connectivity index (χ4v) is 3.91. The summed E-state index contributed by atoms with van der Waals surface area (Å²) in [6.45, 7) is 11.3. The van der Waals surface area contributed by atoms with Gasteiger partial charge in [-0.15, -0.1) is 0 Å². The van der Waals surface area contributed by atoms with Gasteiger partial charge in [-0.3, -0.25) is 14.5 Å². The predicted octanol–water partition coefficient (Wildman–Crippen LogP) is 2.67. The highest BCUT2D eigenvalue weighted by atomic mass is 16.2. The molecule has 2 aromatic rings. The van der Waals surface area contributed by atoms with Crippen LogP contribution in [0.25, 0.3) is 11.4 Å². The number of fused-ring (bicyclic) bond motifs is 1. The Kier molecular flexibility index (Phi) is 6.61. The van der Waals surface area contributed by atoms with Gasteiger partial charge in [0.25, 0.3) is 5.91 Å². The van der Waals surface area contributed by atoms with E-state index in [1.54, 1.807) is 7.05 Å². The molecular weight excluding hydrogens is 378 g/mol. The Bertz CT molecular complexity index is 898. The number of nitrogens with one attached hydrogen (secondary N) is 2. The van der Waals surface area contributed by atoms with Crippen molar-refractivity contribution in [3.63, 3.8) is 0 Å². The molecule has 7 nitrogen and oxygen atoms in total. The van der Waals surface area contributed by atoms with Crippen LogP contribution in [0, 0.1) is 5.41 Å². The molecule has 2 amide bonds. The highest BCUT2D eigenvalue weighted by Crippen LogP contribution is 2.27. The van der Waals surface area contributed by atoms with E-state index in [4.69, 9.17) is 4.98 Å². The predicted molar refractivity (Wildman–Crippen MR) is 118 cm³/mol. The van der Waals surface area contributed by atoms with Gasteiger partial charge in [-0.1, -0.05) is 58.0 Å². The third kappa shape index (κ3) is 4.56. The molecule has 0 fully saturated rings. The lowest BCUT2D eigenvalue weighted by molar-refractivity contribution is -0.124. The first-order valence-electron chi connectivity index (χ1n) is 10.7. The number of carbonyl (C=O) groups excluding carboxylic acids is 2. The minimum absolute atomic E-state index is 0.209. The number of likely N-dealkylation sites (N-methyl/N-ethyl adjacent to an activating group) is 1. The first-order chi connectivity index (χ1) is 14.3. The second kappa shape index (κ2) is 9.00. The third-order valence-corrected chi connectivity index (χ3v) is 5.65. The summed E-state index contributed by atoms with van der Waals surface area (Å²) in [5.41, 5.74) is 1.88. The SMILES string of the molecule is CCN1CCCn2c(-c3ccccc3)nc(C(=O)N[C@H](C(=O)NC)C(C)(C)C)c2C1. The molecule has 162 valence electrons. The smallest absolute Gasteiger partial charge is 0.272 e. The summed E-state index contributed by atoms with van der Waals surface area (Å²) in [4.78, 5) is 32.9. The van der Waals surface area contributed by atoms with Crippen molar-refractivity contribution >= 4 is 11.8 Å². The van der Waals surface area contributed by atoms with Crippen LogP contribution >= 0.6 is 0 Å². The van der Waals surface area contributed by atoms with Gasteiger partial charge >= 0.3 is 0 Å². The van der Waals surface area contributed by atoms with E-state index in [1.807, 2.05) is 51.1 Å².